The van der Waals surface area contributed by atoms with Gasteiger partial charge in [0.05, 0.1) is 26.2 Å². The molecule has 1 aromatic heterocycles. The van der Waals surface area contributed by atoms with Crippen molar-refractivity contribution in [2.45, 2.75) is 25.3 Å². The van der Waals surface area contributed by atoms with Gasteiger partial charge in [-0.15, -0.1) is 11.3 Å². The van der Waals surface area contributed by atoms with E-state index in [4.69, 9.17) is 14.2 Å². The standard InChI is InChI=1S/C19H23NO4S/c1-22-15-11-13(12-16(23-2)18(15)24-3)8-9-20(14-6-7-14)19(21)17-5-4-10-25-17/h4-5,10-12,14H,6-9H2,1-3H3. The molecule has 25 heavy (non-hydrogen) atoms. The van der Waals surface area contributed by atoms with Crippen LogP contribution >= 0.6 is 11.3 Å². The Hall–Kier alpha value is -2.21. The summed E-state index contributed by atoms with van der Waals surface area (Å²) in [5, 5.41) is 1.94. The van der Waals surface area contributed by atoms with Gasteiger partial charge in [-0.3, -0.25) is 4.79 Å². The molecule has 1 aromatic carbocycles. The molecule has 134 valence electrons. The number of hydrogen-bond donors (Lipinski definition) is 0. The Bertz CT molecular complexity index is 700. The molecular formula is C19H23NO4S. The monoisotopic (exact) mass is 361 g/mol. The first-order valence-electron chi connectivity index (χ1n) is 8.31. The van der Waals surface area contributed by atoms with E-state index in [2.05, 4.69) is 0 Å². The van der Waals surface area contributed by atoms with Crippen molar-refractivity contribution < 1.29 is 19.0 Å². The van der Waals surface area contributed by atoms with Crippen molar-refractivity contribution in [2.24, 2.45) is 0 Å². The number of carbonyl (C=O) groups is 1. The fourth-order valence-electron chi connectivity index (χ4n) is 2.91. The fraction of sp³-hybridized carbons (Fsp3) is 0.421. The molecule has 0 saturated heterocycles. The highest BCUT2D eigenvalue weighted by Crippen LogP contribution is 2.38. The van der Waals surface area contributed by atoms with E-state index in [1.807, 2.05) is 34.5 Å². The van der Waals surface area contributed by atoms with Crippen LogP contribution in [-0.4, -0.2) is 44.7 Å². The Morgan fingerprint density at radius 3 is 2.32 bits per heavy atom. The second-order valence-corrected chi connectivity index (χ2v) is 6.94. The molecule has 5 nitrogen and oxygen atoms in total. The van der Waals surface area contributed by atoms with E-state index in [-0.39, 0.29) is 5.91 Å². The fourth-order valence-corrected chi connectivity index (χ4v) is 3.59. The average molecular weight is 361 g/mol. The van der Waals surface area contributed by atoms with E-state index >= 15 is 0 Å². The Balaban J connectivity index is 1.76. The van der Waals surface area contributed by atoms with Crippen LogP contribution in [0, 0.1) is 0 Å². The van der Waals surface area contributed by atoms with Crippen molar-refractivity contribution in [1.82, 2.24) is 4.90 Å². The second kappa shape index (κ2) is 7.78. The van der Waals surface area contributed by atoms with E-state index in [1.165, 1.54) is 11.3 Å². The third kappa shape index (κ3) is 3.90. The third-order valence-electron chi connectivity index (χ3n) is 4.35. The number of amides is 1. The summed E-state index contributed by atoms with van der Waals surface area (Å²) in [5.74, 6) is 1.99. The average Bonchev–Trinajstić information content (AvgIpc) is 3.32. The van der Waals surface area contributed by atoms with Crippen LogP contribution in [0.2, 0.25) is 0 Å². The topological polar surface area (TPSA) is 48.0 Å². The van der Waals surface area contributed by atoms with Crippen LogP contribution in [0.15, 0.2) is 29.6 Å². The lowest BCUT2D eigenvalue weighted by Gasteiger charge is -2.22. The van der Waals surface area contributed by atoms with E-state index < -0.39 is 0 Å². The van der Waals surface area contributed by atoms with Crippen LogP contribution in [-0.2, 0) is 6.42 Å². The molecule has 1 heterocycles. The number of nitrogens with zero attached hydrogens (tertiary/aromatic N) is 1. The molecule has 0 aliphatic heterocycles. The summed E-state index contributed by atoms with van der Waals surface area (Å²) in [6.07, 6.45) is 2.92. The van der Waals surface area contributed by atoms with Crippen LogP contribution in [0.1, 0.15) is 28.1 Å². The molecule has 0 N–H and O–H groups in total. The number of benzene rings is 1. The molecule has 6 heteroatoms. The zero-order chi connectivity index (χ0) is 17.8. The van der Waals surface area contributed by atoms with Gasteiger partial charge in [-0.1, -0.05) is 6.07 Å². The van der Waals surface area contributed by atoms with Gasteiger partial charge in [0.2, 0.25) is 5.75 Å². The zero-order valence-corrected chi connectivity index (χ0v) is 15.6. The van der Waals surface area contributed by atoms with Crippen molar-refractivity contribution in [3.63, 3.8) is 0 Å². The summed E-state index contributed by atoms with van der Waals surface area (Å²) in [6, 6.07) is 8.07. The van der Waals surface area contributed by atoms with Crippen molar-refractivity contribution in [3.05, 3.63) is 40.1 Å². The molecule has 2 aromatic rings. The second-order valence-electron chi connectivity index (χ2n) is 5.99. The number of ether oxygens (including phenoxy) is 3. The molecule has 1 aliphatic carbocycles. The van der Waals surface area contributed by atoms with Crippen molar-refractivity contribution in [2.75, 3.05) is 27.9 Å². The lowest BCUT2D eigenvalue weighted by Crippen LogP contribution is -2.34. The lowest BCUT2D eigenvalue weighted by atomic mass is 10.1. The highest BCUT2D eigenvalue weighted by Gasteiger charge is 2.33. The van der Waals surface area contributed by atoms with Gasteiger partial charge in [-0.2, -0.15) is 0 Å². The van der Waals surface area contributed by atoms with Crippen LogP contribution in [0.4, 0.5) is 0 Å². The maximum Gasteiger partial charge on any atom is 0.264 e. The molecular weight excluding hydrogens is 338 g/mol. The molecule has 3 rings (SSSR count). The summed E-state index contributed by atoms with van der Waals surface area (Å²) in [6.45, 7) is 0.681. The molecule has 0 atom stereocenters. The van der Waals surface area contributed by atoms with Gasteiger partial charge in [0, 0.05) is 12.6 Å². The molecule has 0 spiro atoms. The minimum absolute atomic E-state index is 0.130. The van der Waals surface area contributed by atoms with E-state index in [1.54, 1.807) is 21.3 Å². The Kier molecular flexibility index (Phi) is 5.48. The molecule has 1 aliphatic rings. The van der Waals surface area contributed by atoms with Crippen molar-refractivity contribution in [1.29, 1.82) is 0 Å². The SMILES string of the molecule is COc1cc(CCN(C(=O)c2cccs2)C2CC2)cc(OC)c1OC. The third-order valence-corrected chi connectivity index (χ3v) is 5.20. The van der Waals surface area contributed by atoms with Crippen LogP contribution in [0.25, 0.3) is 0 Å². The van der Waals surface area contributed by atoms with Gasteiger partial charge in [0.25, 0.3) is 5.91 Å². The van der Waals surface area contributed by atoms with Gasteiger partial charge in [-0.05, 0) is 48.4 Å². The molecule has 1 amide bonds. The first-order chi connectivity index (χ1) is 12.2. The summed E-state index contributed by atoms with van der Waals surface area (Å²) < 4.78 is 16.2. The highest BCUT2D eigenvalue weighted by atomic mass is 32.1. The summed E-state index contributed by atoms with van der Waals surface area (Å²) in [4.78, 5) is 15.5. The van der Waals surface area contributed by atoms with E-state index in [9.17, 15) is 4.79 Å². The molecule has 0 unspecified atom stereocenters. The smallest absolute Gasteiger partial charge is 0.264 e. The number of rotatable bonds is 8. The number of methoxy groups -OCH3 is 3. The summed E-state index contributed by atoms with van der Waals surface area (Å²) in [7, 11) is 4.81. The first kappa shape index (κ1) is 17.6. The maximum absolute atomic E-state index is 12.7. The maximum atomic E-state index is 12.7. The number of thiophene rings is 1. The minimum atomic E-state index is 0.130. The predicted molar refractivity (Wildman–Crippen MR) is 98.2 cm³/mol. The van der Waals surface area contributed by atoms with Crippen LogP contribution in [0.3, 0.4) is 0 Å². The summed E-state index contributed by atoms with van der Waals surface area (Å²) in [5.41, 5.74) is 1.05. The van der Waals surface area contributed by atoms with Crippen molar-refractivity contribution in [3.8, 4) is 17.2 Å². The van der Waals surface area contributed by atoms with Crippen LogP contribution < -0.4 is 14.2 Å². The van der Waals surface area contributed by atoms with Gasteiger partial charge in [0.1, 0.15) is 0 Å². The first-order valence-corrected chi connectivity index (χ1v) is 9.19. The Morgan fingerprint density at radius 2 is 1.84 bits per heavy atom. The predicted octanol–water partition coefficient (Wildman–Crippen LogP) is 3.62. The van der Waals surface area contributed by atoms with Crippen LogP contribution in [0.5, 0.6) is 17.2 Å². The quantitative estimate of drug-likeness (QED) is 0.720. The number of carbonyl (C=O) groups excluding carboxylic acids is 1. The van der Waals surface area contributed by atoms with Gasteiger partial charge in [-0.25, -0.2) is 0 Å². The van der Waals surface area contributed by atoms with Crippen molar-refractivity contribution >= 4 is 17.2 Å². The van der Waals surface area contributed by atoms with E-state index in [0.29, 0.717) is 29.8 Å². The zero-order valence-electron chi connectivity index (χ0n) is 14.8. The molecule has 1 saturated carbocycles. The highest BCUT2D eigenvalue weighted by molar-refractivity contribution is 7.12. The summed E-state index contributed by atoms with van der Waals surface area (Å²) >= 11 is 1.50. The van der Waals surface area contributed by atoms with E-state index in [0.717, 1.165) is 29.7 Å². The largest absolute Gasteiger partial charge is 0.493 e. The van der Waals surface area contributed by atoms with Gasteiger partial charge in [0.15, 0.2) is 11.5 Å². The molecule has 0 radical (unpaired) electrons. The number of hydrogen-bond acceptors (Lipinski definition) is 5. The minimum Gasteiger partial charge on any atom is -0.493 e. The van der Waals surface area contributed by atoms with Gasteiger partial charge >= 0.3 is 0 Å². The van der Waals surface area contributed by atoms with Gasteiger partial charge < -0.3 is 19.1 Å². The Morgan fingerprint density at radius 1 is 1.16 bits per heavy atom. The molecule has 0 bridgehead atoms. The normalized spacial score (nSPS) is 13.4. The lowest BCUT2D eigenvalue weighted by molar-refractivity contribution is 0.0750. The molecule has 1 fully saturated rings. The Labute approximate surface area is 152 Å².